The van der Waals surface area contributed by atoms with Gasteiger partial charge in [0.1, 0.15) is 0 Å². The minimum absolute atomic E-state index is 0.0614. The van der Waals surface area contributed by atoms with Crippen LogP contribution in [0.2, 0.25) is 0 Å². The Morgan fingerprint density at radius 1 is 1.07 bits per heavy atom. The van der Waals surface area contributed by atoms with Crippen LogP contribution in [-0.2, 0) is 23.2 Å². The lowest BCUT2D eigenvalue weighted by molar-refractivity contribution is 0.282. The lowest BCUT2D eigenvalue weighted by Gasteiger charge is -2.10. The van der Waals surface area contributed by atoms with Crippen molar-refractivity contribution in [1.82, 2.24) is 14.4 Å². The lowest BCUT2D eigenvalue weighted by atomic mass is 10.1. The van der Waals surface area contributed by atoms with E-state index < -0.39 is 10.0 Å². The van der Waals surface area contributed by atoms with Gasteiger partial charge in [0.2, 0.25) is 10.0 Å². The number of rotatable bonds is 6. The predicted octanol–water partition coefficient (Wildman–Crippen LogP) is 2.15. The summed E-state index contributed by atoms with van der Waals surface area (Å²) in [6.45, 7) is 0.376. The highest BCUT2D eigenvalue weighted by Crippen LogP contribution is 2.26. The maximum Gasteiger partial charge on any atom is 0.238 e. The number of nitrogens with two attached hydrogens (primary N) is 1. The number of aliphatic hydroxyl groups is 1. The fourth-order valence-electron chi connectivity index (χ4n) is 3.13. The molecule has 2 aromatic carbocycles. The minimum Gasteiger partial charge on any atom is -0.392 e. The Bertz CT molecular complexity index is 1270. The van der Waals surface area contributed by atoms with Gasteiger partial charge in [-0.15, -0.1) is 0 Å². The Morgan fingerprint density at radius 2 is 1.83 bits per heavy atom. The third-order valence-corrected chi connectivity index (χ3v) is 5.53. The van der Waals surface area contributed by atoms with E-state index in [2.05, 4.69) is 15.3 Å². The molecular formula is C20H19N5O3S. The first kappa shape index (κ1) is 19.1. The van der Waals surface area contributed by atoms with Crippen LogP contribution in [0.25, 0.3) is 16.9 Å². The molecule has 0 saturated carbocycles. The van der Waals surface area contributed by atoms with Crippen LogP contribution < -0.4 is 10.5 Å². The van der Waals surface area contributed by atoms with Crippen LogP contribution in [0.1, 0.15) is 11.1 Å². The number of nitrogens with zero attached hydrogens (tertiary/aromatic N) is 3. The first-order valence-corrected chi connectivity index (χ1v) is 10.4. The van der Waals surface area contributed by atoms with E-state index in [4.69, 9.17) is 5.14 Å². The molecule has 9 heteroatoms. The van der Waals surface area contributed by atoms with Crippen LogP contribution >= 0.6 is 0 Å². The number of imidazole rings is 1. The highest BCUT2D eigenvalue weighted by molar-refractivity contribution is 7.89. The van der Waals surface area contributed by atoms with Crippen molar-refractivity contribution in [3.05, 3.63) is 78.2 Å². The van der Waals surface area contributed by atoms with Crippen molar-refractivity contribution in [2.24, 2.45) is 5.14 Å². The fraction of sp³-hybridized carbons (Fsp3) is 0.100. The molecule has 0 saturated heterocycles. The summed E-state index contributed by atoms with van der Waals surface area (Å²) < 4.78 is 24.6. The Labute approximate surface area is 167 Å². The molecule has 0 amide bonds. The first-order chi connectivity index (χ1) is 14.0. The average Bonchev–Trinajstić information content (AvgIpc) is 3.16. The standard InChI is InChI=1S/C20H19N5O3S/c21-29(27,28)16-7-5-14(6-8-16)11-23-19-20-24-12-18(25(20)10-9-22-19)17-4-2-1-3-15(17)13-26/h1-10,12,26H,11,13H2,(H,22,23)(H2,21,27,28). The Morgan fingerprint density at radius 3 is 2.55 bits per heavy atom. The molecule has 0 spiro atoms. The molecule has 148 valence electrons. The van der Waals surface area contributed by atoms with E-state index in [0.717, 1.165) is 22.4 Å². The Kier molecular flexibility index (Phi) is 5.01. The van der Waals surface area contributed by atoms with E-state index in [1.807, 2.05) is 34.9 Å². The molecule has 8 nitrogen and oxygen atoms in total. The molecule has 0 bridgehead atoms. The maximum atomic E-state index is 11.4. The van der Waals surface area contributed by atoms with Gasteiger partial charge in [-0.1, -0.05) is 36.4 Å². The first-order valence-electron chi connectivity index (χ1n) is 8.84. The summed E-state index contributed by atoms with van der Waals surface area (Å²) in [5, 5.41) is 18.0. The van der Waals surface area contributed by atoms with Gasteiger partial charge in [-0.2, -0.15) is 0 Å². The Hall–Kier alpha value is -3.27. The monoisotopic (exact) mass is 409 g/mol. The van der Waals surface area contributed by atoms with Crippen LogP contribution in [-0.4, -0.2) is 27.9 Å². The van der Waals surface area contributed by atoms with Crippen LogP contribution in [0.5, 0.6) is 0 Å². The summed E-state index contributed by atoms with van der Waals surface area (Å²) in [7, 11) is -3.71. The average molecular weight is 409 g/mol. The van der Waals surface area contributed by atoms with E-state index in [0.29, 0.717) is 18.0 Å². The number of primary sulfonamides is 1. The third kappa shape index (κ3) is 3.83. The lowest BCUT2D eigenvalue weighted by Crippen LogP contribution is -2.12. The number of hydrogen-bond donors (Lipinski definition) is 3. The second-order valence-electron chi connectivity index (χ2n) is 6.47. The quantitative estimate of drug-likeness (QED) is 0.448. The SMILES string of the molecule is NS(=O)(=O)c1ccc(CNc2nccn3c(-c4ccccc4CO)cnc23)cc1. The van der Waals surface area contributed by atoms with Crippen LogP contribution in [0.3, 0.4) is 0 Å². The van der Waals surface area contributed by atoms with E-state index in [-0.39, 0.29) is 11.5 Å². The molecule has 4 rings (SSSR count). The molecule has 0 radical (unpaired) electrons. The molecular weight excluding hydrogens is 390 g/mol. The van der Waals surface area contributed by atoms with Crippen LogP contribution in [0.15, 0.2) is 72.0 Å². The number of hydrogen-bond acceptors (Lipinski definition) is 6. The van der Waals surface area contributed by atoms with E-state index in [9.17, 15) is 13.5 Å². The molecule has 0 aliphatic carbocycles. The number of sulfonamides is 1. The smallest absolute Gasteiger partial charge is 0.238 e. The highest BCUT2D eigenvalue weighted by Gasteiger charge is 2.13. The Balaban J connectivity index is 1.62. The number of aliphatic hydroxyl groups excluding tert-OH is 1. The van der Waals surface area contributed by atoms with E-state index >= 15 is 0 Å². The van der Waals surface area contributed by atoms with Gasteiger partial charge in [-0.25, -0.2) is 23.5 Å². The summed E-state index contributed by atoms with van der Waals surface area (Å²) in [5.74, 6) is 0.593. The van der Waals surface area contributed by atoms with E-state index in [1.165, 1.54) is 12.1 Å². The summed E-state index contributed by atoms with van der Waals surface area (Å²) in [6, 6.07) is 14.0. The van der Waals surface area contributed by atoms with Crippen LogP contribution in [0.4, 0.5) is 5.82 Å². The zero-order valence-corrected chi connectivity index (χ0v) is 16.2. The van der Waals surface area contributed by atoms with Crippen molar-refractivity contribution >= 4 is 21.5 Å². The fourth-order valence-corrected chi connectivity index (χ4v) is 3.65. The maximum absolute atomic E-state index is 11.4. The van der Waals surface area contributed by atoms with Crippen molar-refractivity contribution < 1.29 is 13.5 Å². The molecule has 0 aliphatic heterocycles. The highest BCUT2D eigenvalue weighted by atomic mass is 32.2. The summed E-state index contributed by atoms with van der Waals surface area (Å²) in [6.07, 6.45) is 5.24. The molecule has 2 heterocycles. The van der Waals surface area contributed by atoms with Gasteiger partial charge in [0.05, 0.1) is 23.4 Å². The molecule has 29 heavy (non-hydrogen) atoms. The van der Waals surface area contributed by atoms with E-state index in [1.54, 1.807) is 24.5 Å². The number of benzene rings is 2. The van der Waals surface area contributed by atoms with Crippen molar-refractivity contribution in [3.63, 3.8) is 0 Å². The molecule has 0 atom stereocenters. The minimum atomic E-state index is -3.71. The zero-order valence-electron chi connectivity index (χ0n) is 15.4. The molecule has 0 aliphatic rings. The topological polar surface area (TPSA) is 123 Å². The summed E-state index contributed by atoms with van der Waals surface area (Å²) >= 11 is 0. The molecule has 0 fully saturated rings. The van der Waals surface area contributed by atoms with Crippen molar-refractivity contribution in [2.45, 2.75) is 18.0 Å². The van der Waals surface area contributed by atoms with Gasteiger partial charge >= 0.3 is 0 Å². The molecule has 2 aromatic heterocycles. The largest absolute Gasteiger partial charge is 0.392 e. The summed E-state index contributed by atoms with van der Waals surface area (Å²) in [5.41, 5.74) is 4.09. The molecule has 0 unspecified atom stereocenters. The third-order valence-electron chi connectivity index (χ3n) is 4.60. The zero-order chi connectivity index (χ0) is 20.4. The number of fused-ring (bicyclic) bond motifs is 1. The summed E-state index contributed by atoms with van der Waals surface area (Å²) in [4.78, 5) is 8.93. The van der Waals surface area contributed by atoms with Crippen molar-refractivity contribution in [3.8, 4) is 11.3 Å². The molecule has 4 N–H and O–H groups in total. The van der Waals surface area contributed by atoms with Crippen LogP contribution in [0, 0.1) is 0 Å². The number of nitrogens with one attached hydrogen (secondary N) is 1. The van der Waals surface area contributed by atoms with Crippen molar-refractivity contribution in [2.75, 3.05) is 5.32 Å². The second-order valence-corrected chi connectivity index (χ2v) is 8.03. The van der Waals surface area contributed by atoms with Gasteiger partial charge in [0.25, 0.3) is 0 Å². The van der Waals surface area contributed by atoms with Gasteiger partial charge in [0, 0.05) is 24.5 Å². The second kappa shape index (κ2) is 7.63. The molecule has 4 aromatic rings. The number of aromatic nitrogens is 3. The predicted molar refractivity (Wildman–Crippen MR) is 109 cm³/mol. The number of anilines is 1. The van der Waals surface area contributed by atoms with Gasteiger partial charge in [-0.05, 0) is 23.3 Å². The van der Waals surface area contributed by atoms with Gasteiger partial charge in [-0.3, -0.25) is 4.40 Å². The van der Waals surface area contributed by atoms with Gasteiger partial charge in [0.15, 0.2) is 11.5 Å². The van der Waals surface area contributed by atoms with Crippen molar-refractivity contribution in [1.29, 1.82) is 0 Å². The van der Waals surface area contributed by atoms with Gasteiger partial charge < -0.3 is 10.4 Å². The normalized spacial score (nSPS) is 11.7.